The van der Waals surface area contributed by atoms with Gasteiger partial charge in [-0.1, -0.05) is 0 Å². The van der Waals surface area contributed by atoms with Crippen molar-refractivity contribution in [1.29, 1.82) is 0 Å². The molecule has 7 heteroatoms. The minimum Gasteiger partial charge on any atom is -0.480 e. The molecular weight excluding hydrogens is 236 g/mol. The van der Waals surface area contributed by atoms with Crippen LogP contribution in [0.3, 0.4) is 0 Å². The zero-order valence-corrected chi connectivity index (χ0v) is 9.16. The fraction of sp³-hybridized carbons (Fsp3) is 0.800. The summed E-state index contributed by atoms with van der Waals surface area (Å²) in [6.07, 6.45) is -0.642. The summed E-state index contributed by atoms with van der Waals surface area (Å²) >= 11 is 0. The molecule has 0 heterocycles. The molecule has 0 aromatic heterocycles. The van der Waals surface area contributed by atoms with Crippen molar-refractivity contribution in [2.24, 2.45) is 5.92 Å². The third-order valence-corrected chi connectivity index (χ3v) is 2.89. The molecule has 5 nitrogen and oxygen atoms in total. The van der Waals surface area contributed by atoms with E-state index in [1.54, 1.807) is 0 Å². The largest absolute Gasteiger partial charge is 0.480 e. The van der Waals surface area contributed by atoms with Gasteiger partial charge in [0.1, 0.15) is 6.04 Å². The molecule has 0 aromatic rings. The molecule has 1 saturated carbocycles. The van der Waals surface area contributed by atoms with Gasteiger partial charge in [-0.05, 0) is 12.8 Å². The quantitative estimate of drug-likeness (QED) is 0.674. The highest BCUT2D eigenvalue weighted by Crippen LogP contribution is 2.36. The van der Waals surface area contributed by atoms with Crippen molar-refractivity contribution in [2.45, 2.75) is 37.6 Å². The second kappa shape index (κ2) is 5.39. The number of hydrogen-bond acceptors (Lipinski definition) is 3. The molecule has 0 saturated heterocycles. The SMILES string of the molecule is O=C(N[C@H](CO)C(=O)O)C1CCC(F)(F)CC1. The molecule has 3 N–H and O–H groups in total. The molecule has 0 unspecified atom stereocenters. The second-order valence-electron chi connectivity index (χ2n) is 4.21. The number of rotatable bonds is 4. The number of halogens is 2. The molecule has 17 heavy (non-hydrogen) atoms. The van der Waals surface area contributed by atoms with Gasteiger partial charge in [-0.25, -0.2) is 13.6 Å². The smallest absolute Gasteiger partial charge is 0.328 e. The normalized spacial score (nSPS) is 21.8. The average Bonchev–Trinajstić information content (AvgIpc) is 2.25. The number of aliphatic carboxylic acids is 1. The molecule has 1 aliphatic carbocycles. The molecule has 0 radical (unpaired) electrons. The number of carboxylic acid groups (broad SMARTS) is 1. The van der Waals surface area contributed by atoms with Gasteiger partial charge in [-0.2, -0.15) is 0 Å². The number of nitrogens with one attached hydrogen (secondary N) is 1. The fourth-order valence-corrected chi connectivity index (χ4v) is 1.78. The molecule has 0 bridgehead atoms. The number of aliphatic hydroxyl groups is 1. The molecular formula is C10H15F2NO4. The van der Waals surface area contributed by atoms with Gasteiger partial charge in [0.25, 0.3) is 0 Å². The number of aliphatic hydroxyl groups excluding tert-OH is 1. The van der Waals surface area contributed by atoms with E-state index in [1.165, 1.54) is 0 Å². The molecule has 1 rings (SSSR count). The maximum absolute atomic E-state index is 12.8. The molecule has 1 atom stereocenters. The molecule has 0 aliphatic heterocycles. The van der Waals surface area contributed by atoms with Gasteiger partial charge in [0.05, 0.1) is 6.61 Å². The summed E-state index contributed by atoms with van der Waals surface area (Å²) in [5.41, 5.74) is 0. The minimum atomic E-state index is -2.72. The van der Waals surface area contributed by atoms with Crippen LogP contribution in [-0.4, -0.2) is 40.7 Å². The average molecular weight is 251 g/mol. The predicted molar refractivity (Wildman–Crippen MR) is 53.6 cm³/mol. The first-order chi connectivity index (χ1) is 7.85. The Bertz CT molecular complexity index is 299. The summed E-state index contributed by atoms with van der Waals surface area (Å²) in [5, 5.41) is 19.4. The highest BCUT2D eigenvalue weighted by atomic mass is 19.3. The van der Waals surface area contributed by atoms with E-state index in [0.29, 0.717) is 0 Å². The Morgan fingerprint density at radius 2 is 1.88 bits per heavy atom. The molecule has 98 valence electrons. The van der Waals surface area contributed by atoms with E-state index < -0.39 is 36.4 Å². The first-order valence-electron chi connectivity index (χ1n) is 5.37. The monoisotopic (exact) mass is 251 g/mol. The lowest BCUT2D eigenvalue weighted by Gasteiger charge is -2.28. The molecule has 1 amide bonds. The van der Waals surface area contributed by atoms with Crippen LogP contribution in [0.2, 0.25) is 0 Å². The summed E-state index contributed by atoms with van der Waals surface area (Å²) in [7, 11) is 0. The van der Waals surface area contributed by atoms with Crippen molar-refractivity contribution in [1.82, 2.24) is 5.32 Å². The third-order valence-electron chi connectivity index (χ3n) is 2.89. The maximum Gasteiger partial charge on any atom is 0.328 e. The predicted octanol–water partition coefficient (Wildman–Crippen LogP) is 0.374. The van der Waals surface area contributed by atoms with Gasteiger partial charge in [0, 0.05) is 18.8 Å². The van der Waals surface area contributed by atoms with Gasteiger partial charge in [0.15, 0.2) is 0 Å². The van der Waals surface area contributed by atoms with Crippen molar-refractivity contribution < 1.29 is 28.6 Å². The zero-order valence-electron chi connectivity index (χ0n) is 9.16. The Labute approximate surface area is 96.8 Å². The lowest BCUT2D eigenvalue weighted by atomic mass is 9.86. The third kappa shape index (κ3) is 3.92. The van der Waals surface area contributed by atoms with E-state index in [0.717, 1.165) is 0 Å². The summed E-state index contributed by atoms with van der Waals surface area (Å²) in [5.74, 6) is -5.24. The summed E-state index contributed by atoms with van der Waals surface area (Å²) in [6.45, 7) is -0.718. The Morgan fingerprint density at radius 3 is 2.29 bits per heavy atom. The number of alkyl halides is 2. The van der Waals surface area contributed by atoms with Crippen molar-refractivity contribution in [3.63, 3.8) is 0 Å². The van der Waals surface area contributed by atoms with E-state index in [9.17, 15) is 18.4 Å². The van der Waals surface area contributed by atoms with Crippen LogP contribution in [0.1, 0.15) is 25.7 Å². The van der Waals surface area contributed by atoms with Crippen LogP contribution in [0.15, 0.2) is 0 Å². The zero-order chi connectivity index (χ0) is 13.1. The Hall–Kier alpha value is -1.24. The van der Waals surface area contributed by atoms with Gasteiger partial charge in [-0.15, -0.1) is 0 Å². The Morgan fingerprint density at radius 1 is 1.35 bits per heavy atom. The summed E-state index contributed by atoms with van der Waals surface area (Å²) < 4.78 is 25.7. The standard InChI is InChI=1S/C10H15F2NO4/c11-10(12)3-1-6(2-4-10)8(15)13-7(5-14)9(16)17/h6-7,14H,1-5H2,(H,13,15)(H,16,17)/t7-/m1/s1. The van der Waals surface area contributed by atoms with Crippen LogP contribution in [0.4, 0.5) is 8.78 Å². The molecule has 1 fully saturated rings. The van der Waals surface area contributed by atoms with Crippen molar-refractivity contribution >= 4 is 11.9 Å². The number of hydrogen-bond donors (Lipinski definition) is 3. The van der Waals surface area contributed by atoms with Crippen LogP contribution in [0.5, 0.6) is 0 Å². The molecule has 0 aromatic carbocycles. The van der Waals surface area contributed by atoms with E-state index in [2.05, 4.69) is 5.32 Å². The van der Waals surface area contributed by atoms with Crippen LogP contribution in [0.25, 0.3) is 0 Å². The lowest BCUT2D eigenvalue weighted by Crippen LogP contribution is -2.46. The highest BCUT2D eigenvalue weighted by molar-refractivity contribution is 5.85. The summed E-state index contributed by atoms with van der Waals surface area (Å²) in [6, 6.07) is -1.37. The number of carbonyl (C=O) groups is 2. The van der Waals surface area contributed by atoms with Crippen molar-refractivity contribution in [3.8, 4) is 0 Å². The van der Waals surface area contributed by atoms with Crippen LogP contribution >= 0.6 is 0 Å². The number of carboxylic acids is 1. The first kappa shape index (κ1) is 13.8. The second-order valence-corrected chi connectivity index (χ2v) is 4.21. The highest BCUT2D eigenvalue weighted by Gasteiger charge is 2.38. The Kier molecular flexibility index (Phi) is 4.39. The van der Waals surface area contributed by atoms with E-state index in [4.69, 9.17) is 10.2 Å². The fourth-order valence-electron chi connectivity index (χ4n) is 1.78. The Balaban J connectivity index is 2.46. The summed E-state index contributed by atoms with van der Waals surface area (Å²) in [4.78, 5) is 22.1. The number of amides is 1. The van der Waals surface area contributed by atoms with Crippen LogP contribution in [-0.2, 0) is 9.59 Å². The molecule has 1 aliphatic rings. The van der Waals surface area contributed by atoms with Gasteiger partial charge >= 0.3 is 5.97 Å². The van der Waals surface area contributed by atoms with Crippen LogP contribution in [0, 0.1) is 5.92 Å². The van der Waals surface area contributed by atoms with Gasteiger partial charge < -0.3 is 15.5 Å². The van der Waals surface area contributed by atoms with E-state index in [1.807, 2.05) is 0 Å². The van der Waals surface area contributed by atoms with Gasteiger partial charge in [0.2, 0.25) is 11.8 Å². The van der Waals surface area contributed by atoms with Crippen molar-refractivity contribution in [3.05, 3.63) is 0 Å². The maximum atomic E-state index is 12.8. The minimum absolute atomic E-state index is 0.0383. The first-order valence-corrected chi connectivity index (χ1v) is 5.37. The number of carbonyl (C=O) groups excluding carboxylic acids is 1. The van der Waals surface area contributed by atoms with Crippen LogP contribution < -0.4 is 5.32 Å². The lowest BCUT2D eigenvalue weighted by molar-refractivity contribution is -0.144. The molecule has 0 spiro atoms. The topological polar surface area (TPSA) is 86.6 Å². The van der Waals surface area contributed by atoms with E-state index in [-0.39, 0.29) is 25.7 Å². The van der Waals surface area contributed by atoms with Crippen molar-refractivity contribution in [2.75, 3.05) is 6.61 Å². The van der Waals surface area contributed by atoms with Gasteiger partial charge in [-0.3, -0.25) is 4.79 Å². The van der Waals surface area contributed by atoms with E-state index >= 15 is 0 Å².